The highest BCUT2D eigenvalue weighted by atomic mass is 35.5. The molecule has 0 saturated heterocycles. The number of ether oxygens (including phenoxy) is 4. The maximum Gasteiger partial charge on any atom is 0.325 e. The molecule has 9 aliphatic rings. The summed E-state index contributed by atoms with van der Waals surface area (Å²) in [4.78, 5) is 136. The van der Waals surface area contributed by atoms with Gasteiger partial charge in [-0.15, -0.1) is 0 Å². The first-order valence-electron chi connectivity index (χ1n) is 35.8. The minimum atomic E-state index is -2.26. The largest absolute Gasteiger partial charge is 0.508 e. The summed E-state index contributed by atoms with van der Waals surface area (Å²) in [5.41, 5.74) is -1.71. The molecule has 578 valence electrons. The molecule has 109 heavy (non-hydrogen) atoms. The Labute approximate surface area is 635 Å². The fraction of sp³-hybridized carbons (Fsp3) is 0.408. The molecule has 4 saturated carbocycles. The summed E-state index contributed by atoms with van der Waals surface area (Å²) < 4.78 is 24.4. The molecule has 6 aromatic rings. The summed E-state index contributed by atoms with van der Waals surface area (Å²) in [5.74, 6) is -12.2. The number of urea groups is 1. The van der Waals surface area contributed by atoms with Crippen LogP contribution in [-0.4, -0.2) is 162 Å². The van der Waals surface area contributed by atoms with Gasteiger partial charge in [-0.05, 0) is 184 Å². The average Bonchev–Trinajstić information content (AvgIpc) is 0.759. The Morgan fingerprint density at radius 2 is 1.18 bits per heavy atom. The number of aliphatic hydroxyl groups is 2. The van der Waals surface area contributed by atoms with Gasteiger partial charge in [-0.1, -0.05) is 55.2 Å². The van der Waals surface area contributed by atoms with Gasteiger partial charge in [0.15, 0.2) is 23.0 Å². The van der Waals surface area contributed by atoms with Crippen molar-refractivity contribution < 1.29 is 92.7 Å². The number of aromatic hydroxyl groups is 4. The minimum Gasteiger partial charge on any atom is -0.508 e. The Morgan fingerprint density at radius 3 is 1.80 bits per heavy atom. The smallest absolute Gasteiger partial charge is 0.325 e. The summed E-state index contributed by atoms with van der Waals surface area (Å²) in [6, 6.07) is 4.17. The second-order valence-corrected chi connectivity index (χ2v) is 29.4. The van der Waals surface area contributed by atoms with E-state index in [1.807, 2.05) is 13.8 Å². The first kappa shape index (κ1) is 77.9. The monoisotopic (exact) mass is 1540 g/mol. The van der Waals surface area contributed by atoms with Crippen molar-refractivity contribution in [3.8, 4) is 68.6 Å². The van der Waals surface area contributed by atoms with Crippen LogP contribution in [0.15, 0.2) is 97.1 Å². The Bertz CT molecular complexity index is 4520. The van der Waals surface area contributed by atoms with Crippen molar-refractivity contribution in [1.82, 2.24) is 58.5 Å². The van der Waals surface area contributed by atoms with Gasteiger partial charge in [-0.2, -0.15) is 0 Å². The molecule has 33 heteroatoms. The number of rotatable bonds is 18. The molecule has 4 fully saturated rings. The Balaban J connectivity index is 0.980. The molecule has 5 heterocycles. The van der Waals surface area contributed by atoms with Gasteiger partial charge < -0.3 is 108 Å². The van der Waals surface area contributed by atoms with Crippen molar-refractivity contribution in [3.05, 3.63) is 135 Å². The Morgan fingerprint density at radius 1 is 0.587 bits per heavy atom. The minimum absolute atomic E-state index is 0.0892. The van der Waals surface area contributed by atoms with Gasteiger partial charge >= 0.3 is 6.03 Å². The lowest BCUT2D eigenvalue weighted by Crippen LogP contribution is -2.59. The molecular weight excluding hydrogens is 1460 g/mol. The number of halogens is 2. The maximum atomic E-state index is 16.1. The van der Waals surface area contributed by atoms with E-state index >= 15 is 28.8 Å². The molecule has 9 atom stereocenters. The van der Waals surface area contributed by atoms with Gasteiger partial charge in [-0.3, -0.25) is 43.7 Å². The zero-order valence-corrected chi connectivity index (χ0v) is 61.4. The average molecular weight is 1540 g/mol. The quantitative estimate of drug-likeness (QED) is 0.0485. The van der Waals surface area contributed by atoms with E-state index < -0.39 is 149 Å². The molecule has 15 rings (SSSR count). The summed E-state index contributed by atoms with van der Waals surface area (Å²) in [5, 5.41) is 104. The van der Waals surface area contributed by atoms with E-state index in [0.717, 1.165) is 62.4 Å². The zero-order valence-electron chi connectivity index (χ0n) is 59.9. The summed E-state index contributed by atoms with van der Waals surface area (Å²) >= 11 is 13.9. The highest BCUT2D eigenvalue weighted by molar-refractivity contribution is 6.32. The van der Waals surface area contributed by atoms with Crippen LogP contribution in [0, 0.1) is 29.6 Å². The standard InChI is InChI=1S/C76H86Cl2N12O19/c1-33(2)18-48(81-5)69(98)89-64-66(95)37-7-11-52(46(77)25-37)108-56-27-41-28-57(68(56)97)109-53-12-8-38(26-47(53)78)67(96)65-75(104)88-63(73(102)85-60-39-20-34-19-35(22-39)23-40(60)21-34)45-30-43(91)31-51(93)59(45)44-24-36(6-10-50(44)92)61(71(100)90-65)87-72(101)62(41)86-70(99)49(83-74(64)103)32-58(94)84-76(105)82-42-9-13-54(106-16-14-79-3)55(29-42)107-17-15-80-4/h6-13,24-31,33-35,39-40,48-49,60-67,79-81,91-93,95-97H,14-23,32H2,1-5H3,(H,83,103)(H,85,102)(H,86,99)(H,87,101)(H,88,104)(H,89,98)(H,90,100)(H2,82,84,94,105)/t34?,35?,39?,40?,48-,49+,60?,61-,62-,63+,64-,65+,66-,67-/m1/s1. The third kappa shape index (κ3) is 17.4. The molecule has 10 amide bonds. The van der Waals surface area contributed by atoms with Gasteiger partial charge in [0.25, 0.3) is 0 Å². The lowest BCUT2D eigenvalue weighted by atomic mass is 9.54. The lowest BCUT2D eigenvalue weighted by molar-refractivity contribution is -0.138. The van der Waals surface area contributed by atoms with Gasteiger partial charge in [0, 0.05) is 48.1 Å². The number of hydrogen-bond donors (Lipinski definition) is 18. The van der Waals surface area contributed by atoms with Crippen LogP contribution in [0.1, 0.15) is 117 Å². The molecule has 0 unspecified atom stereocenters. The van der Waals surface area contributed by atoms with Crippen molar-refractivity contribution in [2.24, 2.45) is 29.6 Å². The number of likely N-dealkylation sites (N-methyl/N-ethyl adjacent to an activating group) is 3. The SMILES string of the molecule is CNCCOc1ccc(NC(=O)NC(=O)C[C@@H]2NC(=O)[C@H](NC(=O)[C@@H](CC(C)C)NC)[C@H](O)c3ccc(c(Cl)c3)Oc3cc4cc(c3O)Oc3ccc(cc3Cl)[C@@H](O)[C@@H]3NC(=O)[C@H](NC(=O)[C@@H]4NC2=O)c2ccc(O)c(c2)-c2c(O)cc(O)cc2[C@@H](C(=O)NC2C4CC5CC(C4)CC2C5)NC3=O)cc1OCCNC. The van der Waals surface area contributed by atoms with Crippen LogP contribution < -0.4 is 82.7 Å². The van der Waals surface area contributed by atoms with E-state index in [1.165, 1.54) is 73.8 Å². The number of carbonyl (C=O) groups excluding carboxylic acids is 9. The van der Waals surface area contributed by atoms with Gasteiger partial charge in [0.2, 0.25) is 53.0 Å². The van der Waals surface area contributed by atoms with Crippen molar-refractivity contribution >= 4 is 82.2 Å². The first-order chi connectivity index (χ1) is 52.1. The van der Waals surface area contributed by atoms with E-state index in [4.69, 9.17) is 42.1 Å². The molecular formula is C76H86Cl2N12O19. The number of phenols is 4. The van der Waals surface area contributed by atoms with Crippen molar-refractivity contribution in [3.63, 3.8) is 0 Å². The molecule has 31 nitrogen and oxygen atoms in total. The molecule has 4 aliphatic carbocycles. The third-order valence-electron chi connectivity index (χ3n) is 20.5. The number of imide groups is 1. The molecule has 18 N–H and O–H groups in total. The fourth-order valence-corrected chi connectivity index (χ4v) is 15.9. The number of fused-ring (bicyclic) bond motifs is 15. The number of carbonyl (C=O) groups is 9. The van der Waals surface area contributed by atoms with E-state index in [-0.39, 0.29) is 115 Å². The van der Waals surface area contributed by atoms with Crippen LogP contribution in [0.2, 0.25) is 10.0 Å². The molecule has 5 aliphatic heterocycles. The Hall–Kier alpha value is -10.7. The van der Waals surface area contributed by atoms with Crippen molar-refractivity contribution in [2.75, 3.05) is 52.8 Å². The highest BCUT2D eigenvalue weighted by Gasteiger charge is 2.50. The number of benzene rings is 6. The molecule has 0 radical (unpaired) electrons. The van der Waals surface area contributed by atoms with Crippen LogP contribution in [0.3, 0.4) is 0 Å². The molecule has 6 aromatic carbocycles. The van der Waals surface area contributed by atoms with Crippen LogP contribution in [0.4, 0.5) is 10.5 Å². The predicted octanol–water partition coefficient (Wildman–Crippen LogP) is 5.31. The molecule has 0 aromatic heterocycles. The van der Waals surface area contributed by atoms with E-state index in [1.54, 1.807) is 14.1 Å². The number of amides is 10. The number of anilines is 1. The van der Waals surface area contributed by atoms with Crippen LogP contribution in [-0.2, 0) is 38.4 Å². The first-order valence-corrected chi connectivity index (χ1v) is 36.6. The second-order valence-electron chi connectivity index (χ2n) is 28.6. The lowest BCUT2D eigenvalue weighted by Gasteiger charge is -2.54. The number of phenolic OH excluding ortho intramolecular Hbond substituents is 4. The van der Waals surface area contributed by atoms with Gasteiger partial charge in [-0.25, -0.2) is 4.79 Å². The Kier molecular flexibility index (Phi) is 23.9. The normalized spacial score (nSPS) is 24.5. The van der Waals surface area contributed by atoms with Gasteiger partial charge in [0.05, 0.1) is 22.5 Å². The summed E-state index contributed by atoms with van der Waals surface area (Å²) in [6.07, 6.45) is -0.524. The van der Waals surface area contributed by atoms with Crippen LogP contribution >= 0.6 is 23.2 Å². The zero-order chi connectivity index (χ0) is 77.8. The predicted molar refractivity (Wildman–Crippen MR) is 395 cm³/mol. The number of nitrogens with one attached hydrogen (secondary N) is 12. The fourth-order valence-electron chi connectivity index (χ4n) is 15.4. The van der Waals surface area contributed by atoms with Crippen LogP contribution in [0.5, 0.6) is 57.5 Å². The van der Waals surface area contributed by atoms with E-state index in [9.17, 15) is 45.0 Å². The van der Waals surface area contributed by atoms with Crippen molar-refractivity contribution in [1.29, 1.82) is 0 Å². The second kappa shape index (κ2) is 33.4. The summed E-state index contributed by atoms with van der Waals surface area (Å²) in [7, 11) is 4.96. The molecule has 15 bridgehead atoms. The molecule has 0 spiro atoms. The van der Waals surface area contributed by atoms with Gasteiger partial charge in [0.1, 0.15) is 90.4 Å². The number of hydrogen-bond acceptors (Lipinski definition) is 22. The topological polar surface area (TPSA) is 456 Å². The number of aliphatic hydroxyl groups excluding tert-OH is 2. The van der Waals surface area contributed by atoms with E-state index in [0.29, 0.717) is 30.7 Å². The third-order valence-corrected chi connectivity index (χ3v) is 21.1. The highest BCUT2D eigenvalue weighted by Crippen LogP contribution is 2.55. The van der Waals surface area contributed by atoms with Crippen molar-refractivity contribution in [2.45, 2.75) is 119 Å². The van der Waals surface area contributed by atoms with E-state index in [2.05, 4.69) is 63.8 Å². The maximum absolute atomic E-state index is 16.1. The van der Waals surface area contributed by atoms with Crippen LogP contribution in [0.25, 0.3) is 11.1 Å². The summed E-state index contributed by atoms with van der Waals surface area (Å²) in [6.45, 7) is 5.01.